The number of amides is 1. The highest BCUT2D eigenvalue weighted by atomic mass is 79.9. The number of halogens is 3. The molecule has 0 unspecified atom stereocenters. The van der Waals surface area contributed by atoms with Crippen LogP contribution in [0.5, 0.6) is 11.5 Å². The van der Waals surface area contributed by atoms with Crippen LogP contribution in [-0.4, -0.2) is 34.2 Å². The number of hydrogen-bond acceptors (Lipinski definition) is 6. The summed E-state index contributed by atoms with van der Waals surface area (Å²) >= 11 is 15.6. The van der Waals surface area contributed by atoms with Gasteiger partial charge in [0.1, 0.15) is 13.2 Å². The zero-order valence-electron chi connectivity index (χ0n) is 24.4. The summed E-state index contributed by atoms with van der Waals surface area (Å²) in [6.45, 7) is 5.27. The Bertz CT molecular complexity index is 1820. The van der Waals surface area contributed by atoms with Crippen molar-refractivity contribution in [3.8, 4) is 11.5 Å². The second-order valence-electron chi connectivity index (χ2n) is 9.98. The molecule has 12 heteroatoms. The van der Waals surface area contributed by atoms with Crippen LogP contribution in [0.25, 0.3) is 0 Å². The number of nitrogens with zero attached hydrogens (tertiary/aromatic N) is 2. The smallest absolute Gasteiger partial charge is 0.264 e. The third kappa shape index (κ3) is 8.12. The minimum atomic E-state index is -4.06. The maximum Gasteiger partial charge on any atom is 0.264 e. The van der Waals surface area contributed by atoms with Crippen LogP contribution in [0.3, 0.4) is 0 Å². The average molecular weight is 719 g/mol. The highest BCUT2D eigenvalue weighted by Crippen LogP contribution is 2.37. The molecule has 0 radical (unpaired) electrons. The molecular weight excluding hydrogens is 689 g/mol. The Kier molecular flexibility index (Phi) is 11.0. The Hall–Kier alpha value is -3.57. The van der Waals surface area contributed by atoms with Crippen LogP contribution in [0.1, 0.15) is 27.8 Å². The number of carbonyl (C=O) groups excluding carboxylic acids is 1. The van der Waals surface area contributed by atoms with Crippen molar-refractivity contribution in [2.24, 2.45) is 5.10 Å². The first-order valence-electron chi connectivity index (χ1n) is 13.3. The largest absolute Gasteiger partial charge is 0.493 e. The standard InChI is InChI=1S/C32H30BrCl2N3O5S/c1-20-6-10-25(11-7-20)44(40,41)38(29-13-21(2)5-8-22(29)3)18-31(39)37-36-17-24-14-26(33)32(30(16-24)42-4)43-19-23-9-12-27(34)28(35)15-23/h5-17H,18-19H2,1-4H3,(H,37,39)/b36-17-. The van der Waals surface area contributed by atoms with E-state index in [1.165, 1.54) is 25.5 Å². The van der Waals surface area contributed by atoms with Gasteiger partial charge < -0.3 is 9.47 Å². The molecule has 0 heterocycles. The van der Waals surface area contributed by atoms with Crippen LogP contribution in [-0.2, 0) is 21.4 Å². The van der Waals surface area contributed by atoms with E-state index in [9.17, 15) is 13.2 Å². The summed E-state index contributed by atoms with van der Waals surface area (Å²) in [7, 11) is -2.56. The van der Waals surface area contributed by atoms with Crippen LogP contribution in [0, 0.1) is 20.8 Å². The van der Waals surface area contributed by atoms with Crippen LogP contribution < -0.4 is 19.2 Å². The number of anilines is 1. The van der Waals surface area contributed by atoms with E-state index in [1.807, 2.05) is 32.0 Å². The topological polar surface area (TPSA) is 97.3 Å². The van der Waals surface area contributed by atoms with Gasteiger partial charge in [0.15, 0.2) is 11.5 Å². The third-order valence-electron chi connectivity index (χ3n) is 6.55. The first-order chi connectivity index (χ1) is 20.9. The van der Waals surface area contributed by atoms with Crippen molar-refractivity contribution >= 4 is 67.0 Å². The third-order valence-corrected chi connectivity index (χ3v) is 9.65. The summed E-state index contributed by atoms with van der Waals surface area (Å²) in [5.41, 5.74) is 6.75. The summed E-state index contributed by atoms with van der Waals surface area (Å²) in [5.74, 6) is 0.271. The predicted octanol–water partition coefficient (Wildman–Crippen LogP) is 7.61. The molecule has 1 amide bonds. The Morgan fingerprint density at radius 3 is 2.34 bits per heavy atom. The molecule has 1 N–H and O–H groups in total. The summed E-state index contributed by atoms with van der Waals surface area (Å²) in [6, 6.07) is 20.6. The van der Waals surface area contributed by atoms with E-state index in [0.29, 0.717) is 42.8 Å². The summed E-state index contributed by atoms with van der Waals surface area (Å²) in [6.07, 6.45) is 1.42. The Balaban J connectivity index is 1.51. The Morgan fingerprint density at radius 1 is 0.955 bits per heavy atom. The van der Waals surface area contributed by atoms with Crippen molar-refractivity contribution in [3.05, 3.63) is 115 Å². The first kappa shape index (κ1) is 33.3. The Morgan fingerprint density at radius 2 is 1.66 bits per heavy atom. The zero-order chi connectivity index (χ0) is 32.0. The van der Waals surface area contributed by atoms with Gasteiger partial charge in [-0.25, -0.2) is 13.8 Å². The minimum Gasteiger partial charge on any atom is -0.493 e. The van der Waals surface area contributed by atoms with E-state index in [0.717, 1.165) is 21.0 Å². The van der Waals surface area contributed by atoms with Crippen molar-refractivity contribution in [1.82, 2.24) is 5.43 Å². The molecular formula is C32H30BrCl2N3O5S. The van der Waals surface area contributed by atoms with Crippen LogP contribution in [0.2, 0.25) is 10.0 Å². The molecule has 0 aliphatic rings. The molecule has 0 aromatic heterocycles. The van der Waals surface area contributed by atoms with Crippen molar-refractivity contribution in [2.75, 3.05) is 18.0 Å². The van der Waals surface area contributed by atoms with Gasteiger partial charge in [-0.15, -0.1) is 0 Å². The number of carbonyl (C=O) groups is 1. The second kappa shape index (κ2) is 14.5. The lowest BCUT2D eigenvalue weighted by atomic mass is 10.1. The van der Waals surface area contributed by atoms with E-state index in [2.05, 4.69) is 26.5 Å². The molecule has 0 aliphatic heterocycles. The second-order valence-corrected chi connectivity index (χ2v) is 13.5. The van der Waals surface area contributed by atoms with Gasteiger partial charge in [-0.3, -0.25) is 9.10 Å². The molecule has 230 valence electrons. The van der Waals surface area contributed by atoms with Gasteiger partial charge in [-0.05, 0) is 101 Å². The summed E-state index contributed by atoms with van der Waals surface area (Å²) < 4.78 is 40.6. The first-order valence-corrected chi connectivity index (χ1v) is 16.3. The van der Waals surface area contributed by atoms with Crippen molar-refractivity contribution in [3.63, 3.8) is 0 Å². The molecule has 44 heavy (non-hydrogen) atoms. The number of nitrogens with one attached hydrogen (secondary N) is 1. The van der Waals surface area contributed by atoms with E-state index in [1.54, 1.807) is 49.4 Å². The van der Waals surface area contributed by atoms with Gasteiger partial charge in [-0.1, -0.05) is 59.1 Å². The maximum absolute atomic E-state index is 13.7. The normalized spacial score (nSPS) is 11.4. The molecule has 4 rings (SSSR count). The number of rotatable bonds is 11. The van der Waals surface area contributed by atoms with Gasteiger partial charge in [0, 0.05) is 0 Å². The van der Waals surface area contributed by atoms with E-state index in [4.69, 9.17) is 32.7 Å². The predicted molar refractivity (Wildman–Crippen MR) is 179 cm³/mol. The van der Waals surface area contributed by atoms with E-state index in [-0.39, 0.29) is 11.5 Å². The van der Waals surface area contributed by atoms with Gasteiger partial charge in [0.25, 0.3) is 15.9 Å². The number of ether oxygens (including phenoxy) is 2. The number of sulfonamides is 1. The molecule has 8 nitrogen and oxygen atoms in total. The van der Waals surface area contributed by atoms with Gasteiger partial charge in [0.05, 0.1) is 38.4 Å². The molecule has 4 aromatic rings. The number of benzene rings is 4. The number of aryl methyl sites for hydroxylation is 3. The number of hydrazone groups is 1. The molecule has 0 spiro atoms. The number of methoxy groups -OCH3 is 1. The summed E-state index contributed by atoms with van der Waals surface area (Å²) in [5, 5.41) is 4.94. The fraction of sp³-hybridized carbons (Fsp3) is 0.188. The fourth-order valence-corrected chi connectivity index (χ4v) is 6.58. The highest BCUT2D eigenvalue weighted by Gasteiger charge is 2.28. The van der Waals surface area contributed by atoms with Crippen LogP contribution in [0.15, 0.2) is 87.3 Å². The summed E-state index contributed by atoms with van der Waals surface area (Å²) in [4.78, 5) is 13.1. The lowest BCUT2D eigenvalue weighted by Gasteiger charge is -2.25. The zero-order valence-corrected chi connectivity index (χ0v) is 28.3. The van der Waals surface area contributed by atoms with Crippen molar-refractivity contribution < 1.29 is 22.7 Å². The fourth-order valence-electron chi connectivity index (χ4n) is 4.21. The highest BCUT2D eigenvalue weighted by molar-refractivity contribution is 9.10. The van der Waals surface area contributed by atoms with Gasteiger partial charge >= 0.3 is 0 Å². The number of hydrogen-bond donors (Lipinski definition) is 1. The molecule has 0 bridgehead atoms. The van der Waals surface area contributed by atoms with Gasteiger partial charge in [-0.2, -0.15) is 5.10 Å². The molecule has 0 fully saturated rings. The van der Waals surface area contributed by atoms with Crippen molar-refractivity contribution in [1.29, 1.82) is 0 Å². The molecule has 0 saturated heterocycles. The SMILES string of the molecule is COc1cc(/C=N\NC(=O)CN(c2cc(C)ccc2C)S(=O)(=O)c2ccc(C)cc2)cc(Br)c1OCc1ccc(Cl)c(Cl)c1. The Labute approximate surface area is 275 Å². The van der Waals surface area contributed by atoms with E-state index < -0.39 is 22.5 Å². The minimum absolute atomic E-state index is 0.0821. The van der Waals surface area contributed by atoms with Crippen molar-refractivity contribution in [2.45, 2.75) is 32.3 Å². The molecule has 0 atom stereocenters. The maximum atomic E-state index is 13.7. The quantitative estimate of drug-likeness (QED) is 0.127. The van der Waals surface area contributed by atoms with Gasteiger partial charge in [0.2, 0.25) is 0 Å². The van der Waals surface area contributed by atoms with Crippen LogP contribution in [0.4, 0.5) is 5.69 Å². The van der Waals surface area contributed by atoms with Crippen LogP contribution >= 0.6 is 39.1 Å². The van der Waals surface area contributed by atoms with E-state index >= 15 is 0 Å². The molecule has 0 aliphatic carbocycles. The molecule has 0 saturated carbocycles. The lowest BCUT2D eigenvalue weighted by molar-refractivity contribution is -0.119. The lowest BCUT2D eigenvalue weighted by Crippen LogP contribution is -2.40. The molecule has 4 aromatic carbocycles. The average Bonchev–Trinajstić information content (AvgIpc) is 2.98. The monoisotopic (exact) mass is 717 g/mol.